The summed E-state index contributed by atoms with van der Waals surface area (Å²) in [7, 11) is 0. The molecule has 2 rings (SSSR count). The van der Waals surface area contributed by atoms with Crippen LogP contribution < -0.4 is 10.6 Å². The van der Waals surface area contributed by atoms with Gasteiger partial charge in [-0.25, -0.2) is 0 Å². The second-order valence-electron chi connectivity index (χ2n) is 5.62. The lowest BCUT2D eigenvalue weighted by Gasteiger charge is -2.13. The molecule has 0 saturated carbocycles. The number of nitrogens with zero attached hydrogens (tertiary/aromatic N) is 1. The van der Waals surface area contributed by atoms with Gasteiger partial charge in [0.2, 0.25) is 5.91 Å². The van der Waals surface area contributed by atoms with Crippen LogP contribution >= 0.6 is 11.6 Å². The predicted molar refractivity (Wildman–Crippen MR) is 93.3 cm³/mol. The summed E-state index contributed by atoms with van der Waals surface area (Å²) in [4.78, 5) is 24.1. The van der Waals surface area contributed by atoms with E-state index >= 15 is 0 Å². The molecule has 0 spiro atoms. The molecule has 0 radical (unpaired) electrons. The summed E-state index contributed by atoms with van der Waals surface area (Å²) in [5.41, 5.74) is 3.17. The van der Waals surface area contributed by atoms with Crippen molar-refractivity contribution in [2.24, 2.45) is 0 Å². The standard InChI is InChI=1S/C17H21ClN4O2/c1-10(15-11(2)21-22-12(15)3)16(23)19-8-9-20-17(24)13-4-6-14(18)7-5-13/h4-7,10H,8-9H2,1-3H3,(H,19,23)(H,20,24)(H,21,22)/t10-/m1/s1. The number of carbonyl (C=O) groups excluding carboxylic acids is 2. The maximum atomic E-state index is 12.2. The number of halogens is 1. The molecule has 0 aliphatic rings. The molecule has 24 heavy (non-hydrogen) atoms. The third-order valence-electron chi connectivity index (χ3n) is 3.83. The van der Waals surface area contributed by atoms with E-state index in [9.17, 15) is 9.59 Å². The van der Waals surface area contributed by atoms with Gasteiger partial charge in [0.15, 0.2) is 0 Å². The number of H-pyrrole nitrogens is 1. The number of aromatic amines is 1. The maximum Gasteiger partial charge on any atom is 0.251 e. The number of hydrogen-bond donors (Lipinski definition) is 3. The Morgan fingerprint density at radius 3 is 2.38 bits per heavy atom. The SMILES string of the molecule is Cc1n[nH]c(C)c1[C@@H](C)C(=O)NCCNC(=O)c1ccc(Cl)cc1. The van der Waals surface area contributed by atoms with Crippen LogP contribution in [0.2, 0.25) is 5.02 Å². The Kier molecular flexibility index (Phi) is 5.98. The summed E-state index contributed by atoms with van der Waals surface area (Å²) in [5, 5.41) is 13.1. The van der Waals surface area contributed by atoms with Gasteiger partial charge in [-0.05, 0) is 45.0 Å². The van der Waals surface area contributed by atoms with Crippen LogP contribution in [0.1, 0.15) is 40.2 Å². The first-order valence-electron chi connectivity index (χ1n) is 7.73. The molecule has 128 valence electrons. The van der Waals surface area contributed by atoms with Crippen LogP contribution in [-0.2, 0) is 4.79 Å². The van der Waals surface area contributed by atoms with Crippen LogP contribution in [0.25, 0.3) is 0 Å². The smallest absolute Gasteiger partial charge is 0.251 e. The van der Waals surface area contributed by atoms with Crippen molar-refractivity contribution in [2.45, 2.75) is 26.7 Å². The van der Waals surface area contributed by atoms with Gasteiger partial charge in [0.25, 0.3) is 5.91 Å². The lowest BCUT2D eigenvalue weighted by molar-refractivity contribution is -0.122. The van der Waals surface area contributed by atoms with Crippen LogP contribution in [-0.4, -0.2) is 35.1 Å². The van der Waals surface area contributed by atoms with E-state index in [0.29, 0.717) is 23.7 Å². The lowest BCUT2D eigenvalue weighted by atomic mass is 9.98. The summed E-state index contributed by atoms with van der Waals surface area (Å²) in [5.74, 6) is -0.588. The Morgan fingerprint density at radius 1 is 1.17 bits per heavy atom. The fraction of sp³-hybridized carbons (Fsp3) is 0.353. The summed E-state index contributed by atoms with van der Waals surface area (Å²) in [6.45, 7) is 6.31. The van der Waals surface area contributed by atoms with Crippen LogP contribution in [0.5, 0.6) is 0 Å². The van der Waals surface area contributed by atoms with Crippen LogP contribution in [0.15, 0.2) is 24.3 Å². The first-order valence-corrected chi connectivity index (χ1v) is 8.11. The van der Waals surface area contributed by atoms with Crippen molar-refractivity contribution in [3.8, 4) is 0 Å². The second-order valence-corrected chi connectivity index (χ2v) is 6.06. The van der Waals surface area contributed by atoms with Crippen LogP contribution in [0.3, 0.4) is 0 Å². The highest BCUT2D eigenvalue weighted by Gasteiger charge is 2.20. The van der Waals surface area contributed by atoms with Crippen molar-refractivity contribution in [3.63, 3.8) is 0 Å². The summed E-state index contributed by atoms with van der Waals surface area (Å²) >= 11 is 5.79. The van der Waals surface area contributed by atoms with E-state index in [1.165, 1.54) is 0 Å². The molecule has 0 aliphatic carbocycles. The molecule has 1 atom stereocenters. The molecule has 6 nitrogen and oxygen atoms in total. The number of rotatable bonds is 6. The van der Waals surface area contributed by atoms with Gasteiger partial charge in [0, 0.05) is 34.9 Å². The average molecular weight is 349 g/mol. The molecular weight excluding hydrogens is 328 g/mol. The Labute approximate surface area is 146 Å². The molecule has 1 aromatic heterocycles. The first-order chi connectivity index (χ1) is 11.4. The Balaban J connectivity index is 1.78. The van der Waals surface area contributed by atoms with Gasteiger partial charge in [-0.15, -0.1) is 0 Å². The highest BCUT2D eigenvalue weighted by molar-refractivity contribution is 6.30. The van der Waals surface area contributed by atoms with E-state index < -0.39 is 0 Å². The molecule has 0 unspecified atom stereocenters. The van der Waals surface area contributed by atoms with Gasteiger partial charge in [-0.1, -0.05) is 11.6 Å². The summed E-state index contributed by atoms with van der Waals surface area (Å²) in [6, 6.07) is 6.64. The topological polar surface area (TPSA) is 86.9 Å². The number of benzene rings is 1. The number of nitrogens with one attached hydrogen (secondary N) is 3. The third kappa shape index (κ3) is 4.35. The maximum absolute atomic E-state index is 12.2. The molecule has 2 aromatic rings. The van der Waals surface area contributed by atoms with Gasteiger partial charge < -0.3 is 10.6 Å². The van der Waals surface area contributed by atoms with E-state index in [4.69, 9.17) is 11.6 Å². The van der Waals surface area contributed by atoms with Gasteiger partial charge in [-0.2, -0.15) is 5.10 Å². The fourth-order valence-corrected chi connectivity index (χ4v) is 2.67. The number of aromatic nitrogens is 2. The van der Waals surface area contributed by atoms with E-state index in [1.807, 2.05) is 20.8 Å². The quantitative estimate of drug-likeness (QED) is 0.700. The zero-order chi connectivity index (χ0) is 17.7. The van der Waals surface area contributed by atoms with E-state index in [1.54, 1.807) is 24.3 Å². The van der Waals surface area contributed by atoms with E-state index in [-0.39, 0.29) is 17.7 Å². The Bertz CT molecular complexity index is 705. The largest absolute Gasteiger partial charge is 0.354 e. The number of hydrogen-bond acceptors (Lipinski definition) is 3. The molecule has 1 aromatic carbocycles. The van der Waals surface area contributed by atoms with E-state index in [2.05, 4.69) is 20.8 Å². The van der Waals surface area contributed by atoms with Gasteiger partial charge >= 0.3 is 0 Å². The molecule has 3 N–H and O–H groups in total. The first kappa shape index (κ1) is 18.0. The predicted octanol–water partition coefficient (Wildman–Crippen LogP) is 2.33. The third-order valence-corrected chi connectivity index (χ3v) is 4.08. The van der Waals surface area contributed by atoms with Gasteiger partial charge in [-0.3, -0.25) is 14.7 Å². The van der Waals surface area contributed by atoms with Gasteiger partial charge in [0.05, 0.1) is 11.6 Å². The molecule has 0 fully saturated rings. The summed E-state index contributed by atoms with van der Waals surface area (Å²) < 4.78 is 0. The molecule has 0 aliphatic heterocycles. The molecule has 7 heteroatoms. The number of amides is 2. The minimum Gasteiger partial charge on any atom is -0.354 e. The highest BCUT2D eigenvalue weighted by atomic mass is 35.5. The lowest BCUT2D eigenvalue weighted by Crippen LogP contribution is -2.36. The molecular formula is C17H21ClN4O2. The number of aryl methyl sites for hydroxylation is 2. The fourth-order valence-electron chi connectivity index (χ4n) is 2.55. The van der Waals surface area contributed by atoms with Crippen molar-refractivity contribution >= 4 is 23.4 Å². The minimum atomic E-state index is -0.296. The summed E-state index contributed by atoms with van der Waals surface area (Å²) in [6.07, 6.45) is 0. The minimum absolute atomic E-state index is 0.0941. The van der Waals surface area contributed by atoms with Crippen molar-refractivity contribution in [1.82, 2.24) is 20.8 Å². The van der Waals surface area contributed by atoms with Crippen LogP contribution in [0, 0.1) is 13.8 Å². The zero-order valence-corrected chi connectivity index (χ0v) is 14.7. The van der Waals surface area contributed by atoms with Crippen molar-refractivity contribution < 1.29 is 9.59 Å². The van der Waals surface area contributed by atoms with Crippen molar-refractivity contribution in [2.75, 3.05) is 13.1 Å². The van der Waals surface area contributed by atoms with Crippen LogP contribution in [0.4, 0.5) is 0 Å². The normalized spacial score (nSPS) is 11.8. The molecule has 0 bridgehead atoms. The van der Waals surface area contributed by atoms with Gasteiger partial charge in [0.1, 0.15) is 0 Å². The number of carbonyl (C=O) groups is 2. The zero-order valence-electron chi connectivity index (χ0n) is 13.9. The average Bonchev–Trinajstić information content (AvgIpc) is 2.89. The molecule has 1 heterocycles. The Hall–Kier alpha value is -2.34. The highest BCUT2D eigenvalue weighted by Crippen LogP contribution is 2.21. The monoisotopic (exact) mass is 348 g/mol. The van der Waals surface area contributed by atoms with Crippen molar-refractivity contribution in [1.29, 1.82) is 0 Å². The van der Waals surface area contributed by atoms with E-state index in [0.717, 1.165) is 17.0 Å². The molecule has 2 amide bonds. The van der Waals surface area contributed by atoms with Crippen molar-refractivity contribution in [3.05, 3.63) is 51.8 Å². The second kappa shape index (κ2) is 7.97. The Morgan fingerprint density at radius 2 is 1.79 bits per heavy atom. The molecule has 0 saturated heterocycles.